The Kier molecular flexibility index (Phi) is 4.87. The third-order valence-electron chi connectivity index (χ3n) is 4.58. The van der Waals surface area contributed by atoms with E-state index in [2.05, 4.69) is 10.1 Å². The van der Waals surface area contributed by atoms with Gasteiger partial charge in [-0.25, -0.2) is 13.4 Å². The molecule has 1 saturated heterocycles. The van der Waals surface area contributed by atoms with Crippen LogP contribution in [0.1, 0.15) is 24.3 Å². The highest BCUT2D eigenvalue weighted by Crippen LogP contribution is 2.34. The quantitative estimate of drug-likeness (QED) is 0.629. The molecule has 1 aliphatic heterocycles. The number of halogens is 1. The van der Waals surface area contributed by atoms with E-state index < -0.39 is 10.0 Å². The van der Waals surface area contributed by atoms with Crippen LogP contribution < -0.4 is 4.74 Å². The lowest BCUT2D eigenvalue weighted by molar-refractivity contribution is 0.135. The molecule has 0 saturated carbocycles. The molecule has 1 aromatic carbocycles. The lowest BCUT2D eigenvalue weighted by Gasteiger charge is -2.30. The smallest absolute Gasteiger partial charge is 0.274 e. The lowest BCUT2D eigenvalue weighted by Crippen LogP contribution is -2.42. The zero-order chi connectivity index (χ0) is 19.2. The molecule has 0 radical (unpaired) electrons. The molecular formula is C17H18ClN3O4S2. The van der Waals surface area contributed by atoms with Crippen molar-refractivity contribution in [3.05, 3.63) is 34.7 Å². The van der Waals surface area contributed by atoms with Crippen LogP contribution >= 0.6 is 22.9 Å². The Balaban J connectivity index is 1.45. The van der Waals surface area contributed by atoms with E-state index in [0.717, 1.165) is 10.2 Å². The summed E-state index contributed by atoms with van der Waals surface area (Å²) in [5, 5.41) is 4.91. The molecule has 3 aromatic rings. The zero-order valence-corrected chi connectivity index (χ0v) is 17.2. The third kappa shape index (κ3) is 3.44. The molecule has 0 aliphatic carbocycles. The SMILES string of the molecule is Cc1noc(C)c1S(=O)(=O)N1CCC(Oc2nc3c(Cl)cccc3s2)CC1. The van der Waals surface area contributed by atoms with Gasteiger partial charge in [-0.2, -0.15) is 4.31 Å². The summed E-state index contributed by atoms with van der Waals surface area (Å²) < 4.78 is 39.2. The van der Waals surface area contributed by atoms with E-state index in [0.29, 0.717) is 47.6 Å². The highest BCUT2D eigenvalue weighted by molar-refractivity contribution is 7.89. The van der Waals surface area contributed by atoms with Gasteiger partial charge in [-0.1, -0.05) is 34.2 Å². The molecule has 144 valence electrons. The molecule has 27 heavy (non-hydrogen) atoms. The van der Waals surface area contributed by atoms with Crippen LogP contribution in [0.4, 0.5) is 0 Å². The number of nitrogens with zero attached hydrogens (tertiary/aromatic N) is 3. The molecule has 0 atom stereocenters. The summed E-state index contributed by atoms with van der Waals surface area (Å²) in [6.45, 7) is 4.00. The Morgan fingerprint density at radius 2 is 2.04 bits per heavy atom. The van der Waals surface area contributed by atoms with Crippen molar-refractivity contribution < 1.29 is 17.7 Å². The molecule has 0 unspecified atom stereocenters. The van der Waals surface area contributed by atoms with Gasteiger partial charge in [0.1, 0.15) is 22.2 Å². The molecule has 10 heteroatoms. The Bertz CT molecular complexity index is 1070. The van der Waals surface area contributed by atoms with Crippen molar-refractivity contribution in [1.82, 2.24) is 14.4 Å². The molecule has 4 rings (SSSR count). The monoisotopic (exact) mass is 427 g/mol. The van der Waals surface area contributed by atoms with E-state index in [4.69, 9.17) is 20.9 Å². The molecule has 1 aliphatic rings. The maximum atomic E-state index is 12.9. The van der Waals surface area contributed by atoms with E-state index in [1.807, 2.05) is 12.1 Å². The number of hydrogen-bond acceptors (Lipinski definition) is 7. The van der Waals surface area contributed by atoms with Gasteiger partial charge in [0, 0.05) is 13.1 Å². The maximum absolute atomic E-state index is 12.9. The van der Waals surface area contributed by atoms with Gasteiger partial charge >= 0.3 is 0 Å². The second-order valence-corrected chi connectivity index (χ2v) is 9.72. The van der Waals surface area contributed by atoms with Crippen molar-refractivity contribution in [3.63, 3.8) is 0 Å². The fraction of sp³-hybridized carbons (Fsp3) is 0.412. The van der Waals surface area contributed by atoms with Gasteiger partial charge < -0.3 is 9.26 Å². The predicted molar refractivity (Wildman–Crippen MR) is 103 cm³/mol. The summed E-state index contributed by atoms with van der Waals surface area (Å²) in [7, 11) is -3.61. The summed E-state index contributed by atoms with van der Waals surface area (Å²) in [5.74, 6) is 0.317. The van der Waals surface area contributed by atoms with E-state index in [1.54, 1.807) is 19.9 Å². The molecule has 3 heterocycles. The largest absolute Gasteiger partial charge is 0.467 e. The number of benzene rings is 1. The molecule has 0 amide bonds. The summed E-state index contributed by atoms with van der Waals surface area (Å²) in [4.78, 5) is 4.62. The molecule has 7 nitrogen and oxygen atoms in total. The van der Waals surface area contributed by atoms with Gasteiger partial charge in [0.2, 0.25) is 10.0 Å². The Morgan fingerprint density at radius 3 is 2.67 bits per heavy atom. The molecule has 0 spiro atoms. The Labute approximate surface area is 165 Å². The summed E-state index contributed by atoms with van der Waals surface area (Å²) >= 11 is 7.60. The number of piperidine rings is 1. The van der Waals surface area contributed by atoms with E-state index in [1.165, 1.54) is 15.6 Å². The highest BCUT2D eigenvalue weighted by Gasteiger charge is 2.34. The van der Waals surface area contributed by atoms with Gasteiger partial charge in [0.15, 0.2) is 5.76 Å². The van der Waals surface area contributed by atoms with E-state index >= 15 is 0 Å². The van der Waals surface area contributed by atoms with Crippen LogP contribution in [0.3, 0.4) is 0 Å². The topological polar surface area (TPSA) is 85.5 Å². The first-order chi connectivity index (χ1) is 12.9. The summed E-state index contributed by atoms with van der Waals surface area (Å²) in [6, 6.07) is 5.63. The molecule has 2 aromatic heterocycles. The average molecular weight is 428 g/mol. The minimum absolute atomic E-state index is 0.0829. The molecule has 1 fully saturated rings. The normalized spacial score (nSPS) is 16.9. The van der Waals surface area contributed by atoms with Crippen LogP contribution in [-0.4, -0.2) is 42.1 Å². The first-order valence-corrected chi connectivity index (χ1v) is 11.1. The van der Waals surface area contributed by atoms with Crippen molar-refractivity contribution in [1.29, 1.82) is 0 Å². The number of ether oxygens (including phenoxy) is 1. The number of rotatable bonds is 4. The lowest BCUT2D eigenvalue weighted by atomic mass is 10.1. The summed E-state index contributed by atoms with van der Waals surface area (Å²) in [5.41, 5.74) is 1.12. The van der Waals surface area contributed by atoms with Gasteiger partial charge in [-0.3, -0.25) is 0 Å². The number of fused-ring (bicyclic) bond motifs is 1. The fourth-order valence-corrected chi connectivity index (χ4v) is 6.19. The zero-order valence-electron chi connectivity index (χ0n) is 14.8. The Morgan fingerprint density at radius 1 is 1.30 bits per heavy atom. The predicted octanol–water partition coefficient (Wildman–Crippen LogP) is 3.79. The van der Waals surface area contributed by atoms with Crippen molar-refractivity contribution >= 4 is 43.2 Å². The third-order valence-corrected chi connectivity index (χ3v) is 7.94. The van der Waals surface area contributed by atoms with Gasteiger partial charge in [-0.15, -0.1) is 0 Å². The number of sulfonamides is 1. The van der Waals surface area contributed by atoms with Crippen molar-refractivity contribution in [2.45, 2.75) is 37.7 Å². The maximum Gasteiger partial charge on any atom is 0.274 e. The standard InChI is InChI=1S/C17H18ClN3O4S2/c1-10-16(11(2)25-20-10)27(22,23)21-8-6-12(7-9-21)24-17-19-15-13(18)4-3-5-14(15)26-17/h3-5,12H,6-9H2,1-2H3. The first-order valence-electron chi connectivity index (χ1n) is 8.51. The van der Waals surface area contributed by atoms with Crippen molar-refractivity contribution in [3.8, 4) is 5.19 Å². The Hall–Kier alpha value is -1.68. The fourth-order valence-electron chi connectivity index (χ4n) is 3.25. The second kappa shape index (κ2) is 7.05. The van der Waals surface area contributed by atoms with Crippen LogP contribution in [0, 0.1) is 13.8 Å². The number of aromatic nitrogens is 2. The van der Waals surface area contributed by atoms with Crippen molar-refractivity contribution in [2.75, 3.05) is 13.1 Å². The van der Waals surface area contributed by atoms with Crippen molar-refractivity contribution in [2.24, 2.45) is 0 Å². The minimum Gasteiger partial charge on any atom is -0.467 e. The minimum atomic E-state index is -3.61. The average Bonchev–Trinajstić information content (AvgIpc) is 3.19. The number of hydrogen-bond donors (Lipinski definition) is 0. The van der Waals surface area contributed by atoms with Crippen LogP contribution in [0.5, 0.6) is 5.19 Å². The number of para-hydroxylation sites is 1. The van der Waals surface area contributed by atoms with Crippen LogP contribution in [0.2, 0.25) is 5.02 Å². The molecule has 0 bridgehead atoms. The van der Waals surface area contributed by atoms with Crippen LogP contribution in [-0.2, 0) is 10.0 Å². The summed E-state index contributed by atoms with van der Waals surface area (Å²) in [6.07, 6.45) is 1.10. The van der Waals surface area contributed by atoms with Gasteiger partial charge in [-0.05, 0) is 38.8 Å². The molecule has 0 N–H and O–H groups in total. The van der Waals surface area contributed by atoms with E-state index in [9.17, 15) is 8.42 Å². The number of thiazole rings is 1. The van der Waals surface area contributed by atoms with Gasteiger partial charge in [0.25, 0.3) is 5.19 Å². The number of aryl methyl sites for hydroxylation is 2. The van der Waals surface area contributed by atoms with Crippen LogP contribution in [0.15, 0.2) is 27.6 Å². The highest BCUT2D eigenvalue weighted by atomic mass is 35.5. The first kappa shape index (κ1) is 18.7. The molecular weight excluding hydrogens is 410 g/mol. The second-order valence-electron chi connectivity index (χ2n) is 6.44. The van der Waals surface area contributed by atoms with E-state index in [-0.39, 0.29) is 11.0 Å². The van der Waals surface area contributed by atoms with Gasteiger partial charge in [0.05, 0.1) is 9.72 Å². The van der Waals surface area contributed by atoms with Crippen LogP contribution in [0.25, 0.3) is 10.2 Å².